The van der Waals surface area contributed by atoms with E-state index in [0.29, 0.717) is 16.5 Å². The molecule has 1 N–H and O–H groups in total. The Morgan fingerprint density at radius 1 is 1.14 bits per heavy atom. The first-order chi connectivity index (χ1) is 13.6. The van der Waals surface area contributed by atoms with Crippen LogP contribution in [-0.2, 0) is 12.7 Å². The number of halogens is 3. The number of hydrogen-bond acceptors (Lipinski definition) is 4. The standard InChI is InChI=1S/C20H19F3N4O2/c1-4-27-19(29)14-8-6-5-7-13(14)17(25-27)18(28)24-15-11-12(20(21,22)23)9-10-16(15)26(2)3/h5-11H,4H2,1-3H3,(H,24,28). The molecule has 0 spiro atoms. The number of anilines is 2. The molecule has 0 saturated carbocycles. The van der Waals surface area contributed by atoms with Crippen molar-refractivity contribution in [2.24, 2.45) is 0 Å². The summed E-state index contributed by atoms with van der Waals surface area (Å²) in [5, 5.41) is 7.29. The fourth-order valence-electron chi connectivity index (χ4n) is 3.00. The number of rotatable bonds is 4. The van der Waals surface area contributed by atoms with Gasteiger partial charge in [-0.3, -0.25) is 9.59 Å². The molecule has 0 saturated heterocycles. The van der Waals surface area contributed by atoms with E-state index >= 15 is 0 Å². The summed E-state index contributed by atoms with van der Waals surface area (Å²) in [5.74, 6) is -0.703. The fourth-order valence-corrected chi connectivity index (χ4v) is 3.00. The molecule has 1 heterocycles. The molecule has 0 radical (unpaired) electrons. The highest BCUT2D eigenvalue weighted by atomic mass is 19.4. The second-order valence-corrected chi connectivity index (χ2v) is 6.59. The summed E-state index contributed by atoms with van der Waals surface area (Å²) in [4.78, 5) is 27.0. The van der Waals surface area contributed by atoms with Crippen molar-refractivity contribution in [1.29, 1.82) is 0 Å². The fraction of sp³-hybridized carbons (Fsp3) is 0.250. The number of carbonyl (C=O) groups is 1. The van der Waals surface area contributed by atoms with Gasteiger partial charge in [-0.2, -0.15) is 18.3 Å². The molecule has 0 atom stereocenters. The zero-order chi connectivity index (χ0) is 21.3. The zero-order valence-electron chi connectivity index (χ0n) is 16.0. The van der Waals surface area contributed by atoms with Crippen LogP contribution in [0.25, 0.3) is 10.8 Å². The van der Waals surface area contributed by atoms with Gasteiger partial charge in [0, 0.05) is 26.0 Å². The lowest BCUT2D eigenvalue weighted by Crippen LogP contribution is -2.27. The third-order valence-corrected chi connectivity index (χ3v) is 4.44. The number of hydrogen-bond donors (Lipinski definition) is 1. The third-order valence-electron chi connectivity index (χ3n) is 4.44. The monoisotopic (exact) mass is 404 g/mol. The van der Waals surface area contributed by atoms with E-state index < -0.39 is 17.6 Å². The predicted octanol–water partition coefficient (Wildman–Crippen LogP) is 3.75. The highest BCUT2D eigenvalue weighted by Gasteiger charge is 2.31. The Hall–Kier alpha value is -3.36. The summed E-state index contributed by atoms with van der Waals surface area (Å²) >= 11 is 0. The van der Waals surface area contributed by atoms with Crippen molar-refractivity contribution in [2.75, 3.05) is 24.3 Å². The first-order valence-electron chi connectivity index (χ1n) is 8.83. The normalized spacial score (nSPS) is 11.5. The van der Waals surface area contributed by atoms with Crippen LogP contribution in [0.15, 0.2) is 47.3 Å². The number of nitrogens with zero attached hydrogens (tertiary/aromatic N) is 3. The van der Waals surface area contributed by atoms with E-state index in [2.05, 4.69) is 10.4 Å². The smallest absolute Gasteiger partial charge is 0.376 e. The van der Waals surface area contributed by atoms with Gasteiger partial charge in [-0.15, -0.1) is 0 Å². The summed E-state index contributed by atoms with van der Waals surface area (Å²) in [6.07, 6.45) is -4.55. The first kappa shape index (κ1) is 20.4. The van der Waals surface area contributed by atoms with Crippen molar-refractivity contribution in [2.45, 2.75) is 19.6 Å². The van der Waals surface area contributed by atoms with E-state index in [0.717, 1.165) is 16.8 Å². The Morgan fingerprint density at radius 3 is 2.38 bits per heavy atom. The van der Waals surface area contributed by atoms with Crippen LogP contribution in [0, 0.1) is 0 Å². The van der Waals surface area contributed by atoms with Crippen LogP contribution >= 0.6 is 0 Å². The minimum atomic E-state index is -4.55. The largest absolute Gasteiger partial charge is 0.416 e. The van der Waals surface area contributed by atoms with Crippen molar-refractivity contribution in [3.8, 4) is 0 Å². The Kier molecular flexibility index (Phi) is 5.32. The second-order valence-electron chi connectivity index (χ2n) is 6.59. The SMILES string of the molecule is CCn1nc(C(=O)Nc2cc(C(F)(F)F)ccc2N(C)C)c2ccccc2c1=O. The predicted molar refractivity (Wildman–Crippen MR) is 105 cm³/mol. The minimum Gasteiger partial charge on any atom is -0.376 e. The van der Waals surface area contributed by atoms with Gasteiger partial charge in [0.2, 0.25) is 0 Å². The first-order valence-corrected chi connectivity index (χ1v) is 8.83. The molecule has 0 aliphatic heterocycles. The van der Waals surface area contributed by atoms with Crippen LogP contribution in [-0.4, -0.2) is 29.8 Å². The van der Waals surface area contributed by atoms with Crippen LogP contribution in [0.1, 0.15) is 23.0 Å². The molecule has 2 aromatic carbocycles. The van der Waals surface area contributed by atoms with Gasteiger partial charge in [-0.05, 0) is 31.2 Å². The highest BCUT2D eigenvalue weighted by molar-refractivity contribution is 6.12. The molecule has 0 fully saturated rings. The van der Waals surface area contributed by atoms with E-state index in [1.54, 1.807) is 50.2 Å². The van der Waals surface area contributed by atoms with Crippen molar-refractivity contribution >= 4 is 28.1 Å². The van der Waals surface area contributed by atoms with E-state index in [1.165, 1.54) is 6.07 Å². The van der Waals surface area contributed by atoms with Crippen LogP contribution in [0.2, 0.25) is 0 Å². The Bertz CT molecular complexity index is 1140. The van der Waals surface area contributed by atoms with Gasteiger partial charge in [-0.1, -0.05) is 18.2 Å². The van der Waals surface area contributed by atoms with Crippen LogP contribution in [0.5, 0.6) is 0 Å². The van der Waals surface area contributed by atoms with Gasteiger partial charge in [0.25, 0.3) is 11.5 Å². The summed E-state index contributed by atoms with van der Waals surface area (Å²) in [6, 6.07) is 9.61. The lowest BCUT2D eigenvalue weighted by atomic mass is 10.1. The quantitative estimate of drug-likeness (QED) is 0.719. The number of aromatic nitrogens is 2. The topological polar surface area (TPSA) is 67.2 Å². The summed E-state index contributed by atoms with van der Waals surface area (Å²) in [7, 11) is 3.31. The van der Waals surface area contributed by atoms with Crippen LogP contribution in [0.3, 0.4) is 0 Å². The van der Waals surface area contributed by atoms with Gasteiger partial charge in [0.05, 0.1) is 22.3 Å². The summed E-state index contributed by atoms with van der Waals surface area (Å²) in [6.45, 7) is 1.96. The van der Waals surface area contributed by atoms with Crippen molar-refractivity contribution in [1.82, 2.24) is 9.78 Å². The summed E-state index contributed by atoms with van der Waals surface area (Å²) < 4.78 is 40.6. The molecule has 6 nitrogen and oxygen atoms in total. The van der Waals surface area contributed by atoms with E-state index in [9.17, 15) is 22.8 Å². The molecule has 3 rings (SSSR count). The van der Waals surface area contributed by atoms with Crippen LogP contribution in [0.4, 0.5) is 24.5 Å². The number of alkyl halides is 3. The molecule has 0 bridgehead atoms. The van der Waals surface area contributed by atoms with Gasteiger partial charge >= 0.3 is 6.18 Å². The van der Waals surface area contributed by atoms with Gasteiger partial charge in [0.15, 0.2) is 5.69 Å². The maximum atomic E-state index is 13.1. The Morgan fingerprint density at radius 2 is 1.79 bits per heavy atom. The molecule has 0 unspecified atom stereocenters. The van der Waals surface area contributed by atoms with E-state index in [-0.39, 0.29) is 23.5 Å². The maximum absolute atomic E-state index is 13.1. The number of aryl methyl sites for hydroxylation is 1. The van der Waals surface area contributed by atoms with Crippen molar-refractivity contribution in [3.05, 3.63) is 64.1 Å². The zero-order valence-corrected chi connectivity index (χ0v) is 16.0. The average Bonchev–Trinajstić information content (AvgIpc) is 2.67. The van der Waals surface area contributed by atoms with E-state index in [1.807, 2.05) is 0 Å². The van der Waals surface area contributed by atoms with Gasteiger partial charge < -0.3 is 10.2 Å². The molecule has 152 valence electrons. The van der Waals surface area contributed by atoms with Crippen LogP contribution < -0.4 is 15.8 Å². The molecule has 1 amide bonds. The molecular weight excluding hydrogens is 385 g/mol. The van der Waals surface area contributed by atoms with Crippen molar-refractivity contribution < 1.29 is 18.0 Å². The molecular formula is C20H19F3N4O2. The number of carbonyl (C=O) groups excluding carboxylic acids is 1. The number of benzene rings is 2. The van der Waals surface area contributed by atoms with E-state index in [4.69, 9.17) is 0 Å². The molecule has 9 heteroatoms. The molecule has 1 aromatic heterocycles. The summed E-state index contributed by atoms with van der Waals surface area (Å²) in [5.41, 5.74) is -0.860. The molecule has 3 aromatic rings. The van der Waals surface area contributed by atoms with Gasteiger partial charge in [-0.25, -0.2) is 4.68 Å². The van der Waals surface area contributed by atoms with Gasteiger partial charge in [0.1, 0.15) is 0 Å². The third kappa shape index (κ3) is 3.94. The second kappa shape index (κ2) is 7.57. The number of nitrogens with one attached hydrogen (secondary N) is 1. The molecule has 29 heavy (non-hydrogen) atoms. The lowest BCUT2D eigenvalue weighted by molar-refractivity contribution is -0.137. The average molecular weight is 404 g/mol. The maximum Gasteiger partial charge on any atom is 0.416 e. The minimum absolute atomic E-state index is 0.00467. The lowest BCUT2D eigenvalue weighted by Gasteiger charge is -2.20. The molecule has 0 aliphatic carbocycles. The highest BCUT2D eigenvalue weighted by Crippen LogP contribution is 2.35. The number of fused-ring (bicyclic) bond motifs is 1. The number of amides is 1. The molecule has 0 aliphatic rings. The Labute approximate surface area is 164 Å². The van der Waals surface area contributed by atoms with Crippen molar-refractivity contribution in [3.63, 3.8) is 0 Å². The Balaban J connectivity index is 2.12.